The molecule has 0 bridgehead atoms. The Kier molecular flexibility index (Phi) is 15.0. The summed E-state index contributed by atoms with van der Waals surface area (Å²) in [7, 11) is 0. The summed E-state index contributed by atoms with van der Waals surface area (Å²) in [4.78, 5) is 21.4. The van der Waals surface area contributed by atoms with Crippen LogP contribution in [0.1, 0.15) is 84.0 Å². The van der Waals surface area contributed by atoms with E-state index in [-0.39, 0.29) is 12.8 Å². The molecule has 0 saturated heterocycles. The Morgan fingerprint density at radius 2 is 1.39 bits per heavy atom. The summed E-state index contributed by atoms with van der Waals surface area (Å²) in [6.07, 6.45) is 12.6. The molecule has 0 amide bonds. The number of carboxylic acids is 2. The maximum atomic E-state index is 10.9. The number of rotatable bonds is 17. The second kappa shape index (κ2) is 15.7. The van der Waals surface area contributed by atoms with Crippen molar-refractivity contribution in [1.29, 1.82) is 0 Å². The van der Waals surface area contributed by atoms with Gasteiger partial charge in [-0.2, -0.15) is 0 Å². The molecule has 23 heavy (non-hydrogen) atoms. The normalized spacial score (nSPS) is 12.2. The van der Waals surface area contributed by atoms with Crippen molar-refractivity contribution in [2.75, 3.05) is 6.54 Å². The molecule has 0 heterocycles. The van der Waals surface area contributed by atoms with Crippen LogP contribution in [-0.4, -0.2) is 34.7 Å². The standard InChI is InChI=1S/C17H34N2O4/c1-2-3-4-5-6-7-8-9-10-11-14-18-19-15(17(22)23)12-13-16(20)21/h15,18-19H,2-14H2,1H3,(H,20,21)(H,22,23)/t15-/m0/s1. The van der Waals surface area contributed by atoms with Gasteiger partial charge in [0, 0.05) is 13.0 Å². The van der Waals surface area contributed by atoms with Crippen molar-refractivity contribution in [3.63, 3.8) is 0 Å². The minimum absolute atomic E-state index is 0.0791. The zero-order chi connectivity index (χ0) is 17.3. The van der Waals surface area contributed by atoms with E-state index in [1.54, 1.807) is 0 Å². The first-order valence-corrected chi connectivity index (χ1v) is 9.01. The van der Waals surface area contributed by atoms with Crippen LogP contribution < -0.4 is 10.9 Å². The van der Waals surface area contributed by atoms with Gasteiger partial charge in [0.15, 0.2) is 0 Å². The Hall–Kier alpha value is -1.14. The van der Waals surface area contributed by atoms with Gasteiger partial charge in [0.25, 0.3) is 0 Å². The zero-order valence-electron chi connectivity index (χ0n) is 14.5. The third kappa shape index (κ3) is 15.5. The monoisotopic (exact) mass is 330 g/mol. The molecular formula is C17H34N2O4. The highest BCUT2D eigenvalue weighted by molar-refractivity contribution is 5.74. The summed E-state index contributed by atoms with van der Waals surface area (Å²) < 4.78 is 0. The van der Waals surface area contributed by atoms with Crippen LogP contribution >= 0.6 is 0 Å². The van der Waals surface area contributed by atoms with E-state index in [9.17, 15) is 9.59 Å². The summed E-state index contributed by atoms with van der Waals surface area (Å²) in [6, 6.07) is -0.853. The highest BCUT2D eigenvalue weighted by Gasteiger charge is 2.17. The predicted molar refractivity (Wildman–Crippen MR) is 91.3 cm³/mol. The third-order valence-corrected chi connectivity index (χ3v) is 3.88. The van der Waals surface area contributed by atoms with Crippen molar-refractivity contribution < 1.29 is 19.8 Å². The van der Waals surface area contributed by atoms with E-state index in [4.69, 9.17) is 10.2 Å². The lowest BCUT2D eigenvalue weighted by molar-refractivity contribution is -0.141. The number of hydrogen-bond acceptors (Lipinski definition) is 4. The highest BCUT2D eigenvalue weighted by Crippen LogP contribution is 2.10. The molecule has 4 N–H and O–H groups in total. The molecule has 6 heteroatoms. The molecule has 0 aromatic carbocycles. The summed E-state index contributed by atoms with van der Waals surface area (Å²) in [6.45, 7) is 2.93. The first-order valence-electron chi connectivity index (χ1n) is 9.01. The van der Waals surface area contributed by atoms with E-state index >= 15 is 0 Å². The van der Waals surface area contributed by atoms with Crippen LogP contribution in [0.25, 0.3) is 0 Å². The van der Waals surface area contributed by atoms with E-state index < -0.39 is 18.0 Å². The molecular weight excluding hydrogens is 296 g/mol. The number of hydrogen-bond donors (Lipinski definition) is 4. The molecule has 0 aliphatic carbocycles. The molecule has 6 nitrogen and oxygen atoms in total. The van der Waals surface area contributed by atoms with Crippen LogP contribution in [0.2, 0.25) is 0 Å². The summed E-state index contributed by atoms with van der Waals surface area (Å²) >= 11 is 0. The van der Waals surface area contributed by atoms with Crippen LogP contribution in [-0.2, 0) is 9.59 Å². The lowest BCUT2D eigenvalue weighted by atomic mass is 10.1. The molecule has 0 aliphatic heterocycles. The molecule has 0 aromatic rings. The number of aliphatic carboxylic acids is 2. The maximum Gasteiger partial charge on any atom is 0.322 e. The second-order valence-electron chi connectivity index (χ2n) is 6.08. The number of nitrogens with one attached hydrogen (secondary N) is 2. The molecule has 0 rings (SSSR count). The second-order valence-corrected chi connectivity index (χ2v) is 6.08. The van der Waals surface area contributed by atoms with Crippen molar-refractivity contribution >= 4 is 11.9 Å². The fourth-order valence-electron chi connectivity index (χ4n) is 2.42. The van der Waals surface area contributed by atoms with Gasteiger partial charge in [-0.05, 0) is 12.8 Å². The lowest BCUT2D eigenvalue weighted by Crippen LogP contribution is -2.46. The van der Waals surface area contributed by atoms with E-state index in [1.807, 2.05) is 0 Å². The van der Waals surface area contributed by atoms with Gasteiger partial charge in [-0.1, -0.05) is 64.7 Å². The van der Waals surface area contributed by atoms with Crippen molar-refractivity contribution in [1.82, 2.24) is 10.9 Å². The number of carboxylic acid groups (broad SMARTS) is 2. The van der Waals surface area contributed by atoms with E-state index in [1.165, 1.54) is 51.4 Å². The number of hydrazine groups is 1. The average molecular weight is 330 g/mol. The van der Waals surface area contributed by atoms with Gasteiger partial charge in [-0.25, -0.2) is 5.43 Å². The Labute approximate surface area is 140 Å². The lowest BCUT2D eigenvalue weighted by Gasteiger charge is -2.14. The predicted octanol–water partition coefficient (Wildman–Crippen LogP) is 3.32. The summed E-state index contributed by atoms with van der Waals surface area (Å²) in [5.74, 6) is -2.01. The van der Waals surface area contributed by atoms with Crippen LogP contribution in [0.4, 0.5) is 0 Å². The fraction of sp³-hybridized carbons (Fsp3) is 0.882. The van der Waals surface area contributed by atoms with Crippen molar-refractivity contribution in [2.24, 2.45) is 0 Å². The van der Waals surface area contributed by atoms with Crippen LogP contribution in [0, 0.1) is 0 Å². The molecule has 0 unspecified atom stereocenters. The van der Waals surface area contributed by atoms with Crippen molar-refractivity contribution in [3.05, 3.63) is 0 Å². The zero-order valence-corrected chi connectivity index (χ0v) is 14.5. The maximum absolute atomic E-state index is 10.9. The number of carbonyl (C=O) groups is 2. The van der Waals surface area contributed by atoms with E-state index in [2.05, 4.69) is 17.8 Å². The van der Waals surface area contributed by atoms with Crippen LogP contribution in [0.3, 0.4) is 0 Å². The van der Waals surface area contributed by atoms with Gasteiger partial charge < -0.3 is 10.2 Å². The Bertz CT molecular complexity index is 311. The van der Waals surface area contributed by atoms with Crippen molar-refractivity contribution in [2.45, 2.75) is 90.0 Å². The smallest absolute Gasteiger partial charge is 0.322 e. The molecule has 0 fully saturated rings. The third-order valence-electron chi connectivity index (χ3n) is 3.88. The minimum Gasteiger partial charge on any atom is -0.481 e. The van der Waals surface area contributed by atoms with Crippen LogP contribution in [0.15, 0.2) is 0 Å². The first-order chi connectivity index (χ1) is 11.1. The molecule has 0 spiro atoms. The molecule has 0 aliphatic rings. The quantitative estimate of drug-likeness (QED) is 0.241. The van der Waals surface area contributed by atoms with Gasteiger partial charge in [0.2, 0.25) is 0 Å². The largest absolute Gasteiger partial charge is 0.481 e. The first kappa shape index (κ1) is 21.9. The number of unbranched alkanes of at least 4 members (excludes halogenated alkanes) is 9. The SMILES string of the molecule is CCCCCCCCCCCCNN[C@@H](CCC(=O)O)C(=O)O. The van der Waals surface area contributed by atoms with Gasteiger partial charge >= 0.3 is 11.9 Å². The minimum atomic E-state index is -1.03. The average Bonchev–Trinajstić information content (AvgIpc) is 2.50. The van der Waals surface area contributed by atoms with Gasteiger partial charge in [-0.15, -0.1) is 0 Å². The van der Waals surface area contributed by atoms with Gasteiger partial charge in [0.05, 0.1) is 0 Å². The molecule has 0 radical (unpaired) electrons. The Morgan fingerprint density at radius 3 is 1.87 bits per heavy atom. The summed E-state index contributed by atoms with van der Waals surface area (Å²) in [5, 5.41) is 17.5. The molecule has 1 atom stereocenters. The van der Waals surface area contributed by atoms with E-state index in [0.29, 0.717) is 6.54 Å². The fourth-order valence-corrected chi connectivity index (χ4v) is 2.42. The Balaban J connectivity index is 3.39. The van der Waals surface area contributed by atoms with Gasteiger partial charge in [-0.3, -0.25) is 15.0 Å². The molecule has 136 valence electrons. The van der Waals surface area contributed by atoms with Crippen molar-refractivity contribution in [3.8, 4) is 0 Å². The highest BCUT2D eigenvalue weighted by atomic mass is 16.4. The summed E-state index contributed by atoms with van der Waals surface area (Å²) in [5.41, 5.74) is 5.58. The van der Waals surface area contributed by atoms with E-state index in [0.717, 1.165) is 12.8 Å². The van der Waals surface area contributed by atoms with Crippen LogP contribution in [0.5, 0.6) is 0 Å². The van der Waals surface area contributed by atoms with Gasteiger partial charge in [0.1, 0.15) is 6.04 Å². The molecule has 0 saturated carbocycles. The topological polar surface area (TPSA) is 98.7 Å². The molecule has 0 aromatic heterocycles. The Morgan fingerprint density at radius 1 is 0.870 bits per heavy atom.